The van der Waals surface area contributed by atoms with E-state index in [4.69, 9.17) is 16.3 Å². The van der Waals surface area contributed by atoms with Gasteiger partial charge in [-0.1, -0.05) is 44.5 Å². The molecular formula is C20H24ClNO5S. The number of carbonyl (C=O) groups is 1. The minimum absolute atomic E-state index is 0.0118. The molecule has 2 aromatic carbocycles. The number of benzene rings is 2. The summed E-state index contributed by atoms with van der Waals surface area (Å²) in [5, 5.41) is 0.118. The van der Waals surface area contributed by atoms with Crippen molar-refractivity contribution in [3.63, 3.8) is 0 Å². The van der Waals surface area contributed by atoms with Gasteiger partial charge in [-0.2, -0.15) is 0 Å². The molecule has 0 aliphatic heterocycles. The molecule has 0 spiro atoms. The normalized spacial score (nSPS) is 11.9. The van der Waals surface area contributed by atoms with Crippen LogP contribution in [0.2, 0.25) is 5.02 Å². The Morgan fingerprint density at radius 3 is 2.32 bits per heavy atom. The Labute approximate surface area is 170 Å². The third kappa shape index (κ3) is 5.70. The van der Waals surface area contributed by atoms with Crippen LogP contribution in [-0.4, -0.2) is 34.6 Å². The van der Waals surface area contributed by atoms with Crippen LogP contribution in [0.25, 0.3) is 0 Å². The predicted molar refractivity (Wildman–Crippen MR) is 109 cm³/mol. The zero-order valence-electron chi connectivity index (χ0n) is 16.3. The Morgan fingerprint density at radius 2 is 1.75 bits per heavy atom. The van der Waals surface area contributed by atoms with E-state index >= 15 is 0 Å². The highest BCUT2D eigenvalue weighted by molar-refractivity contribution is 7.89. The van der Waals surface area contributed by atoms with Gasteiger partial charge in [0.2, 0.25) is 10.0 Å². The van der Waals surface area contributed by atoms with Crippen molar-refractivity contribution in [2.24, 2.45) is 0 Å². The first-order chi connectivity index (χ1) is 13.0. The van der Waals surface area contributed by atoms with Crippen molar-refractivity contribution in [2.75, 3.05) is 20.3 Å². The molecule has 6 nitrogen and oxygen atoms in total. The van der Waals surface area contributed by atoms with Crippen LogP contribution in [0.5, 0.6) is 5.75 Å². The van der Waals surface area contributed by atoms with Gasteiger partial charge in [0.25, 0.3) is 0 Å². The maximum atomic E-state index is 12.4. The van der Waals surface area contributed by atoms with Crippen LogP contribution in [0.4, 0.5) is 0 Å². The topological polar surface area (TPSA) is 81.7 Å². The Hall–Kier alpha value is -2.09. The van der Waals surface area contributed by atoms with E-state index in [2.05, 4.69) is 30.2 Å². The van der Waals surface area contributed by atoms with Crippen molar-refractivity contribution >= 4 is 27.6 Å². The van der Waals surface area contributed by atoms with E-state index in [-0.39, 0.29) is 34.0 Å². The standard InChI is InChI=1S/C20H24ClNO5S/c1-20(2,3)14-5-7-15(8-6-14)27-12-11-22-28(24,25)16-9-10-18(21)17(13-16)19(23)26-4/h5-10,13,22H,11-12H2,1-4H3. The highest BCUT2D eigenvalue weighted by Crippen LogP contribution is 2.24. The molecule has 0 atom stereocenters. The lowest BCUT2D eigenvalue weighted by Crippen LogP contribution is -2.28. The fourth-order valence-electron chi connectivity index (χ4n) is 2.42. The first kappa shape index (κ1) is 22.2. The van der Waals surface area contributed by atoms with Crippen LogP contribution < -0.4 is 9.46 Å². The van der Waals surface area contributed by atoms with E-state index in [1.807, 2.05) is 24.3 Å². The van der Waals surface area contributed by atoms with Crippen LogP contribution in [0.15, 0.2) is 47.4 Å². The smallest absolute Gasteiger partial charge is 0.339 e. The number of rotatable bonds is 7. The minimum Gasteiger partial charge on any atom is -0.492 e. The van der Waals surface area contributed by atoms with Gasteiger partial charge in [0, 0.05) is 6.54 Å². The average Bonchev–Trinajstić information content (AvgIpc) is 2.64. The summed E-state index contributed by atoms with van der Waals surface area (Å²) in [6, 6.07) is 11.5. The summed E-state index contributed by atoms with van der Waals surface area (Å²) in [6.45, 7) is 6.60. The molecule has 2 rings (SSSR count). The second-order valence-electron chi connectivity index (χ2n) is 7.15. The lowest BCUT2D eigenvalue weighted by Gasteiger charge is -2.19. The monoisotopic (exact) mass is 425 g/mol. The number of hydrogen-bond donors (Lipinski definition) is 1. The Bertz CT molecular complexity index is 934. The number of nitrogens with one attached hydrogen (secondary N) is 1. The number of carbonyl (C=O) groups excluding carboxylic acids is 1. The lowest BCUT2D eigenvalue weighted by atomic mass is 9.87. The zero-order valence-corrected chi connectivity index (χ0v) is 17.9. The van der Waals surface area contributed by atoms with Crippen LogP contribution in [0, 0.1) is 0 Å². The van der Waals surface area contributed by atoms with Gasteiger partial charge >= 0.3 is 5.97 Å². The summed E-state index contributed by atoms with van der Waals surface area (Å²) in [6.07, 6.45) is 0. The molecule has 0 aromatic heterocycles. The lowest BCUT2D eigenvalue weighted by molar-refractivity contribution is 0.0600. The largest absolute Gasteiger partial charge is 0.492 e. The maximum Gasteiger partial charge on any atom is 0.339 e. The summed E-state index contributed by atoms with van der Waals surface area (Å²) < 4.78 is 37.4. The summed E-state index contributed by atoms with van der Waals surface area (Å²) in [5.41, 5.74) is 1.22. The molecule has 0 bridgehead atoms. The third-order valence-electron chi connectivity index (χ3n) is 4.04. The molecule has 1 N–H and O–H groups in total. The molecule has 0 unspecified atom stereocenters. The Balaban J connectivity index is 1.96. The molecule has 0 saturated carbocycles. The van der Waals surface area contributed by atoms with Crippen LogP contribution in [0.1, 0.15) is 36.7 Å². The van der Waals surface area contributed by atoms with Gasteiger partial charge in [-0.05, 0) is 41.3 Å². The summed E-state index contributed by atoms with van der Waals surface area (Å²) >= 11 is 5.92. The van der Waals surface area contributed by atoms with E-state index in [0.717, 1.165) is 0 Å². The van der Waals surface area contributed by atoms with Crippen molar-refractivity contribution in [3.05, 3.63) is 58.6 Å². The molecule has 0 heterocycles. The Kier molecular flexibility index (Phi) is 7.09. The van der Waals surface area contributed by atoms with Crippen LogP contribution in [0.3, 0.4) is 0 Å². The van der Waals surface area contributed by atoms with E-state index in [1.165, 1.54) is 30.9 Å². The summed E-state index contributed by atoms with van der Waals surface area (Å²) in [7, 11) is -2.62. The van der Waals surface area contributed by atoms with Crippen molar-refractivity contribution in [1.29, 1.82) is 0 Å². The van der Waals surface area contributed by atoms with Crippen molar-refractivity contribution in [2.45, 2.75) is 31.1 Å². The summed E-state index contributed by atoms with van der Waals surface area (Å²) in [4.78, 5) is 11.6. The van der Waals surface area contributed by atoms with Gasteiger partial charge in [0.15, 0.2) is 0 Å². The van der Waals surface area contributed by atoms with Crippen molar-refractivity contribution in [3.8, 4) is 5.75 Å². The number of ether oxygens (including phenoxy) is 2. The highest BCUT2D eigenvalue weighted by Gasteiger charge is 2.19. The molecule has 0 saturated heterocycles. The first-order valence-electron chi connectivity index (χ1n) is 8.65. The Morgan fingerprint density at radius 1 is 1.11 bits per heavy atom. The van der Waals surface area contributed by atoms with E-state index in [1.54, 1.807) is 0 Å². The molecule has 152 valence electrons. The minimum atomic E-state index is -3.82. The second-order valence-corrected chi connectivity index (χ2v) is 9.33. The maximum absolute atomic E-state index is 12.4. The molecule has 0 amide bonds. The number of hydrogen-bond acceptors (Lipinski definition) is 5. The van der Waals surface area contributed by atoms with Gasteiger partial charge in [-0.3, -0.25) is 0 Å². The zero-order chi connectivity index (χ0) is 20.9. The van der Waals surface area contributed by atoms with Crippen molar-refractivity contribution < 1.29 is 22.7 Å². The van der Waals surface area contributed by atoms with E-state index < -0.39 is 16.0 Å². The first-order valence-corrected chi connectivity index (χ1v) is 10.5. The molecule has 28 heavy (non-hydrogen) atoms. The number of esters is 1. The SMILES string of the molecule is COC(=O)c1cc(S(=O)(=O)NCCOc2ccc(C(C)(C)C)cc2)ccc1Cl. The van der Waals surface area contributed by atoms with Crippen LogP contribution >= 0.6 is 11.6 Å². The van der Waals surface area contributed by atoms with Gasteiger partial charge in [0.1, 0.15) is 12.4 Å². The average molecular weight is 426 g/mol. The summed E-state index contributed by atoms with van der Waals surface area (Å²) in [5.74, 6) is -0.0456. The number of halogens is 1. The second kappa shape index (κ2) is 8.94. The van der Waals surface area contributed by atoms with Crippen molar-refractivity contribution in [1.82, 2.24) is 4.72 Å². The fraction of sp³-hybridized carbons (Fsp3) is 0.350. The van der Waals surface area contributed by atoms with E-state index in [0.29, 0.717) is 5.75 Å². The van der Waals surface area contributed by atoms with Gasteiger partial charge in [-0.15, -0.1) is 0 Å². The fourth-order valence-corrected chi connectivity index (χ4v) is 3.65. The van der Waals surface area contributed by atoms with Gasteiger partial charge in [-0.25, -0.2) is 17.9 Å². The molecule has 8 heteroatoms. The molecule has 0 fully saturated rings. The van der Waals surface area contributed by atoms with Gasteiger partial charge < -0.3 is 9.47 Å². The van der Waals surface area contributed by atoms with Crippen LogP contribution in [-0.2, 0) is 20.2 Å². The highest BCUT2D eigenvalue weighted by atomic mass is 35.5. The molecule has 0 radical (unpaired) electrons. The predicted octanol–water partition coefficient (Wildman–Crippen LogP) is 3.78. The van der Waals surface area contributed by atoms with Gasteiger partial charge in [0.05, 0.1) is 22.6 Å². The van der Waals surface area contributed by atoms with E-state index in [9.17, 15) is 13.2 Å². The molecular weight excluding hydrogens is 402 g/mol. The quantitative estimate of drug-likeness (QED) is 0.539. The molecule has 0 aliphatic carbocycles. The molecule has 0 aliphatic rings. The number of sulfonamides is 1. The number of methoxy groups -OCH3 is 1. The molecule has 2 aromatic rings. The third-order valence-corrected chi connectivity index (χ3v) is 5.82.